The molecule has 2 aromatic rings. The average molecular weight is 685 g/mol. The smallest absolute Gasteiger partial charge is 0.323 e. The number of hydrogen-bond acceptors (Lipinski definition) is 12. The highest BCUT2D eigenvalue weighted by atomic mass is 16.6. The molecule has 0 aliphatic rings. The molecular weight excluding hydrogens is 644 g/mol. The molecule has 0 saturated carbocycles. The Hall–Kier alpha value is -6.60. The first-order valence-electron chi connectivity index (χ1n) is 16.5. The summed E-state index contributed by atoms with van der Waals surface area (Å²) < 4.78 is 11.3. The van der Waals surface area contributed by atoms with Gasteiger partial charge in [-0.05, 0) is 87.1 Å². The molecule has 0 aliphatic heterocycles. The summed E-state index contributed by atoms with van der Waals surface area (Å²) in [6, 6.07) is 21.5. The van der Waals surface area contributed by atoms with Gasteiger partial charge < -0.3 is 19.3 Å². The minimum atomic E-state index is -1.48. The van der Waals surface area contributed by atoms with Crippen LogP contribution in [0.15, 0.2) is 47.5 Å². The number of benzene rings is 2. The Bertz CT molecular complexity index is 1780. The molecule has 0 bridgehead atoms. The lowest BCUT2D eigenvalue weighted by Gasteiger charge is -2.29. The normalized spacial score (nSPS) is 10.0. The monoisotopic (exact) mass is 684 g/mol. The highest BCUT2D eigenvalue weighted by Gasteiger charge is 2.46. The lowest BCUT2D eigenvalue weighted by Crippen LogP contribution is -2.43. The van der Waals surface area contributed by atoms with Crippen molar-refractivity contribution in [1.82, 2.24) is 0 Å². The van der Waals surface area contributed by atoms with E-state index in [1.807, 2.05) is 47.9 Å². The minimum Gasteiger partial charge on any atom is -0.463 e. The van der Waals surface area contributed by atoms with Gasteiger partial charge >= 0.3 is 11.9 Å². The summed E-state index contributed by atoms with van der Waals surface area (Å²) >= 11 is 0. The summed E-state index contributed by atoms with van der Waals surface area (Å²) in [4.78, 5) is 30.7. The largest absolute Gasteiger partial charge is 0.463 e. The van der Waals surface area contributed by atoms with Crippen LogP contribution in [-0.4, -0.2) is 51.3 Å². The number of carbonyl (C=O) groups is 2. The van der Waals surface area contributed by atoms with Gasteiger partial charge in [0.2, 0.25) is 0 Å². The molecule has 0 unspecified atom stereocenters. The van der Waals surface area contributed by atoms with Gasteiger partial charge in [-0.15, -0.1) is 0 Å². The van der Waals surface area contributed by atoms with E-state index in [1.54, 1.807) is 76.2 Å². The third-order valence-electron chi connectivity index (χ3n) is 8.80. The van der Waals surface area contributed by atoms with Crippen molar-refractivity contribution in [2.75, 3.05) is 49.2 Å². The van der Waals surface area contributed by atoms with Crippen LogP contribution in [-0.2, 0) is 19.1 Å². The number of anilines is 2. The van der Waals surface area contributed by atoms with Crippen LogP contribution >= 0.6 is 0 Å². The standard InChI is InChI=1S/C39H40N8O4/c1-7-39(8-2,37(48)50-17-15-46(9-3)31-11-13-33(27(5)19-31)35(25-44)29(21-40)22-41)38(49)51-18-16-47(10-4)32-12-14-34(28(6)20-32)36(26-45)30(23-42)24-43/h11-14,19-20H,7-10,15-18H2,1-6H3. The molecule has 12 heteroatoms. The first kappa shape index (κ1) is 40.6. The number of rotatable bonds is 16. The molecule has 0 aliphatic carbocycles. The van der Waals surface area contributed by atoms with Gasteiger partial charge in [-0.3, -0.25) is 9.59 Å². The number of hydrogen-bond donors (Lipinski definition) is 0. The van der Waals surface area contributed by atoms with Crippen LogP contribution in [0.3, 0.4) is 0 Å². The van der Waals surface area contributed by atoms with Crippen LogP contribution in [0.1, 0.15) is 62.8 Å². The Morgan fingerprint density at radius 3 is 1.22 bits per heavy atom. The van der Waals surface area contributed by atoms with Crippen molar-refractivity contribution >= 4 is 34.5 Å². The molecule has 0 atom stereocenters. The molecule has 260 valence electrons. The van der Waals surface area contributed by atoms with Crippen LogP contribution in [0.2, 0.25) is 0 Å². The lowest BCUT2D eigenvalue weighted by atomic mass is 9.82. The van der Waals surface area contributed by atoms with E-state index in [1.165, 1.54) is 0 Å². The zero-order chi connectivity index (χ0) is 38.1. The fourth-order valence-corrected chi connectivity index (χ4v) is 5.65. The molecule has 0 aromatic heterocycles. The molecule has 51 heavy (non-hydrogen) atoms. The summed E-state index contributed by atoms with van der Waals surface area (Å²) in [6.45, 7) is 12.7. The second-order valence-electron chi connectivity index (χ2n) is 11.4. The number of nitrogens with zero attached hydrogens (tertiary/aromatic N) is 8. The molecule has 0 radical (unpaired) electrons. The maximum absolute atomic E-state index is 13.4. The van der Waals surface area contributed by atoms with Crippen molar-refractivity contribution in [2.45, 2.75) is 54.4 Å². The van der Waals surface area contributed by atoms with Gasteiger partial charge in [-0.25, -0.2) is 0 Å². The lowest BCUT2D eigenvalue weighted by molar-refractivity contribution is -0.173. The van der Waals surface area contributed by atoms with Crippen molar-refractivity contribution < 1.29 is 19.1 Å². The SMILES string of the molecule is CCN(CCOC(=O)C(CC)(CC)C(=O)OCCN(CC)c1ccc(C(C#N)=C(C#N)C#N)c(C)c1)c1ccc(C(C#N)=C(C#N)C#N)c(C)c1. The molecule has 0 fully saturated rings. The predicted molar refractivity (Wildman–Crippen MR) is 191 cm³/mol. The Kier molecular flexibility index (Phi) is 15.4. The van der Waals surface area contributed by atoms with Gasteiger partial charge in [-0.2, -0.15) is 31.6 Å². The second-order valence-corrected chi connectivity index (χ2v) is 11.4. The number of ether oxygens (including phenoxy) is 2. The number of carbonyl (C=O) groups excluding carboxylic acids is 2. The molecule has 0 amide bonds. The average Bonchev–Trinajstić information content (AvgIpc) is 3.14. The van der Waals surface area contributed by atoms with E-state index < -0.39 is 17.4 Å². The molecule has 0 heterocycles. The van der Waals surface area contributed by atoms with Gasteiger partial charge in [-0.1, -0.05) is 26.0 Å². The van der Waals surface area contributed by atoms with E-state index in [9.17, 15) is 41.2 Å². The summed E-state index contributed by atoms with van der Waals surface area (Å²) in [5, 5.41) is 56.0. The first-order chi connectivity index (χ1) is 24.5. The number of likely N-dealkylation sites (N-methyl/N-ethyl adjacent to an activating group) is 2. The summed E-state index contributed by atoms with van der Waals surface area (Å²) in [5.41, 5.74) is 1.96. The topological polar surface area (TPSA) is 202 Å². The molecule has 2 rings (SSSR count). The van der Waals surface area contributed by atoms with Gasteiger partial charge in [0.15, 0.2) is 5.41 Å². The molecule has 2 aromatic carbocycles. The van der Waals surface area contributed by atoms with Gasteiger partial charge in [0.05, 0.1) is 24.2 Å². The zero-order valence-electron chi connectivity index (χ0n) is 29.8. The van der Waals surface area contributed by atoms with Gasteiger partial charge in [0.1, 0.15) is 60.8 Å². The summed E-state index contributed by atoms with van der Waals surface area (Å²) in [7, 11) is 0. The van der Waals surface area contributed by atoms with Crippen molar-refractivity contribution in [2.24, 2.45) is 5.41 Å². The first-order valence-corrected chi connectivity index (χ1v) is 16.5. The Morgan fingerprint density at radius 1 is 0.608 bits per heavy atom. The summed E-state index contributed by atoms with van der Waals surface area (Å²) in [5.74, 6) is -1.34. The zero-order valence-corrected chi connectivity index (χ0v) is 29.8. The van der Waals surface area contributed by atoms with Crippen molar-refractivity contribution in [3.8, 4) is 36.4 Å². The van der Waals surface area contributed by atoms with Gasteiger partial charge in [0, 0.05) is 24.5 Å². The van der Waals surface area contributed by atoms with Gasteiger partial charge in [0.25, 0.3) is 0 Å². The molecule has 0 N–H and O–H groups in total. The van der Waals surface area contributed by atoms with E-state index >= 15 is 0 Å². The van der Waals surface area contributed by atoms with Crippen LogP contribution < -0.4 is 9.80 Å². The molecular formula is C39H40N8O4. The van der Waals surface area contributed by atoms with Crippen LogP contribution in [0.4, 0.5) is 11.4 Å². The molecule has 12 nitrogen and oxygen atoms in total. The van der Waals surface area contributed by atoms with E-state index in [0.717, 1.165) is 11.4 Å². The minimum absolute atomic E-state index is 0.00472. The van der Waals surface area contributed by atoms with E-state index in [2.05, 4.69) is 0 Å². The number of esters is 2. The van der Waals surface area contributed by atoms with Crippen LogP contribution in [0, 0.1) is 87.2 Å². The van der Waals surface area contributed by atoms with E-state index in [-0.39, 0.29) is 48.3 Å². The van der Waals surface area contributed by atoms with Crippen molar-refractivity contribution in [1.29, 1.82) is 31.6 Å². The van der Waals surface area contributed by atoms with Crippen LogP contribution in [0.25, 0.3) is 11.1 Å². The van der Waals surface area contributed by atoms with Crippen LogP contribution in [0.5, 0.6) is 0 Å². The fourth-order valence-electron chi connectivity index (χ4n) is 5.65. The summed E-state index contributed by atoms with van der Waals surface area (Å²) in [6.07, 6.45) is 0.365. The maximum Gasteiger partial charge on any atom is 0.323 e. The number of aryl methyl sites for hydroxylation is 2. The Labute approximate surface area is 299 Å². The second kappa shape index (κ2) is 19.4. The Morgan fingerprint density at radius 2 is 0.961 bits per heavy atom. The third-order valence-corrected chi connectivity index (χ3v) is 8.80. The third kappa shape index (κ3) is 9.31. The van der Waals surface area contributed by atoms with E-state index in [0.29, 0.717) is 48.4 Å². The Balaban J connectivity index is 2.11. The number of allylic oxidation sites excluding steroid dienone is 4. The quantitative estimate of drug-likeness (QED) is 0.110. The fraction of sp³-hybridized carbons (Fsp3) is 0.385. The highest BCUT2D eigenvalue weighted by Crippen LogP contribution is 2.31. The number of nitriles is 6. The van der Waals surface area contributed by atoms with E-state index in [4.69, 9.17) is 9.47 Å². The highest BCUT2D eigenvalue weighted by molar-refractivity contribution is 6.00. The van der Waals surface area contributed by atoms with Crippen molar-refractivity contribution in [3.05, 3.63) is 69.8 Å². The molecule has 0 spiro atoms. The maximum atomic E-state index is 13.4. The van der Waals surface area contributed by atoms with Crippen molar-refractivity contribution in [3.63, 3.8) is 0 Å². The predicted octanol–water partition coefficient (Wildman–Crippen LogP) is 6.20. The molecule has 0 saturated heterocycles.